The van der Waals surface area contributed by atoms with Gasteiger partial charge in [0.2, 0.25) is 0 Å². The number of hydrogen-bond donors (Lipinski definition) is 0. The molecule has 0 saturated carbocycles. The van der Waals surface area contributed by atoms with E-state index in [0.717, 1.165) is 90.7 Å². The third-order valence-electron chi connectivity index (χ3n) is 10.9. The Kier molecular flexibility index (Phi) is 8.60. The molecule has 0 spiro atoms. The van der Waals surface area contributed by atoms with Crippen molar-refractivity contribution in [1.29, 1.82) is 0 Å². The molecule has 0 amide bonds. The molecule has 0 aliphatic heterocycles. The molecule has 11 aromatic rings. The molecule has 0 aliphatic carbocycles. The Bertz CT molecular complexity index is 3450. The molecular weight excluding hydrogens is 833 g/mol. The van der Waals surface area contributed by atoms with Gasteiger partial charge in [-0.3, -0.25) is 0 Å². The predicted octanol–water partition coefficient (Wildman–Crippen LogP) is 13.7. The number of furan rings is 1. The Morgan fingerprint density at radius 2 is 1.33 bits per heavy atom. The number of amidine groups is 1. The molecular formula is C51H32InN3O2S. The molecule has 58 heavy (non-hydrogen) atoms. The zero-order valence-corrected chi connectivity index (χ0v) is 35.5. The first-order chi connectivity index (χ1) is 28.6. The van der Waals surface area contributed by atoms with Crippen molar-refractivity contribution in [2.24, 2.45) is 9.98 Å². The minimum atomic E-state index is -0.0481. The second-order valence-corrected chi connectivity index (χ2v) is 17.4. The molecule has 272 valence electrons. The number of aliphatic imine (C=N–C) groups is 2. The van der Waals surface area contributed by atoms with E-state index in [1.807, 2.05) is 36.4 Å². The van der Waals surface area contributed by atoms with E-state index in [4.69, 9.17) is 23.8 Å². The molecule has 5 nitrogen and oxygen atoms in total. The van der Waals surface area contributed by atoms with Gasteiger partial charge in [-0.1, -0.05) is 24.3 Å². The van der Waals surface area contributed by atoms with Crippen LogP contribution in [0, 0.1) is 0 Å². The second kappa shape index (κ2) is 14.3. The van der Waals surface area contributed by atoms with Gasteiger partial charge in [-0.15, -0.1) is 11.3 Å². The van der Waals surface area contributed by atoms with Gasteiger partial charge in [0.15, 0.2) is 0 Å². The fourth-order valence-corrected chi connectivity index (χ4v) is 10.2. The topological polar surface area (TPSA) is 63.9 Å². The Balaban J connectivity index is 1.14. The molecule has 0 aliphatic rings. The van der Waals surface area contributed by atoms with Crippen LogP contribution in [0.5, 0.6) is 0 Å². The molecule has 0 saturated heterocycles. The first kappa shape index (κ1) is 34.9. The average Bonchev–Trinajstić information content (AvgIpc) is 3.99. The fraction of sp³-hybridized carbons (Fsp3) is 0.0392. The molecule has 11 rings (SSSR count). The van der Waals surface area contributed by atoms with Crippen LogP contribution >= 0.6 is 11.3 Å². The van der Waals surface area contributed by atoms with E-state index in [1.54, 1.807) is 11.3 Å². The van der Waals surface area contributed by atoms with Gasteiger partial charge in [-0.05, 0) is 12.1 Å². The summed E-state index contributed by atoms with van der Waals surface area (Å²) in [6.45, 7) is 2.06. The van der Waals surface area contributed by atoms with Crippen molar-refractivity contribution < 1.29 is 8.83 Å². The Morgan fingerprint density at radius 1 is 0.603 bits per heavy atom. The van der Waals surface area contributed by atoms with Crippen LogP contribution in [0.2, 0.25) is 0 Å². The van der Waals surface area contributed by atoms with Crippen LogP contribution in [0.15, 0.2) is 189 Å². The zero-order chi connectivity index (χ0) is 38.7. The zero-order valence-electron chi connectivity index (χ0n) is 31.4. The fourth-order valence-electron chi connectivity index (χ4n) is 8.11. The standard InChI is InChI=1S/C51H32N3O2S.In/c1-31(33-14-3-2-4-15-33)53-50(52-30-32-26-27-34-16-5-6-17-35(34)28-32)37-19-8-7-18-36(37)41-29-42-49(47-38-20-9-11-23-43(38)55-48(41)47)56-51(54-42)40-22-13-25-45-46(40)39-21-10-12-24-44(39)57-45;/h2-30H,1H3;/b52-50-,53-31?;. The van der Waals surface area contributed by atoms with Crippen molar-refractivity contribution in [3.05, 3.63) is 187 Å². The van der Waals surface area contributed by atoms with Gasteiger partial charge in [0, 0.05) is 14.8 Å². The summed E-state index contributed by atoms with van der Waals surface area (Å²) in [6.07, 6.45) is 0. The van der Waals surface area contributed by atoms with Crippen LogP contribution in [0.1, 0.15) is 27.4 Å². The number of nitrogens with zero attached hydrogens (tertiary/aromatic N) is 3. The summed E-state index contributed by atoms with van der Waals surface area (Å²) in [5.41, 5.74) is 9.85. The predicted molar refractivity (Wildman–Crippen MR) is 243 cm³/mol. The van der Waals surface area contributed by atoms with E-state index in [0.29, 0.717) is 17.3 Å². The number of fused-ring (bicyclic) bond motifs is 9. The molecule has 3 aromatic heterocycles. The number of para-hydroxylation sites is 1. The Labute approximate surface area is 352 Å². The second-order valence-electron chi connectivity index (χ2n) is 14.5. The van der Waals surface area contributed by atoms with Gasteiger partial charge in [0.05, 0.1) is 0 Å². The van der Waals surface area contributed by atoms with Gasteiger partial charge < -0.3 is 0 Å². The first-order valence-corrected chi connectivity index (χ1v) is 22.0. The molecule has 0 fully saturated rings. The van der Waals surface area contributed by atoms with Crippen LogP contribution in [0.3, 0.4) is 0 Å². The Hall–Kier alpha value is -6.28. The van der Waals surface area contributed by atoms with Crippen molar-refractivity contribution in [2.45, 2.75) is 10.7 Å². The molecule has 3 heterocycles. The van der Waals surface area contributed by atoms with Gasteiger partial charge >= 0.3 is 292 Å². The number of oxazole rings is 1. The Morgan fingerprint density at radius 3 is 2.22 bits per heavy atom. The quantitative estimate of drug-likeness (QED) is 0.124. The number of thiophene rings is 1. The van der Waals surface area contributed by atoms with Crippen molar-refractivity contribution in [1.82, 2.24) is 4.98 Å². The van der Waals surface area contributed by atoms with E-state index < -0.39 is 0 Å². The van der Waals surface area contributed by atoms with Crippen molar-refractivity contribution in [3.8, 4) is 22.6 Å². The van der Waals surface area contributed by atoms with Gasteiger partial charge in [-0.25, -0.2) is 0 Å². The number of benzene rings is 8. The van der Waals surface area contributed by atoms with Gasteiger partial charge in [0.25, 0.3) is 0 Å². The van der Waals surface area contributed by atoms with Crippen LogP contribution in [0.25, 0.3) is 86.6 Å². The molecule has 8 aromatic carbocycles. The van der Waals surface area contributed by atoms with E-state index in [2.05, 4.69) is 140 Å². The van der Waals surface area contributed by atoms with E-state index in [9.17, 15) is 0 Å². The monoisotopic (exact) mass is 865 g/mol. The summed E-state index contributed by atoms with van der Waals surface area (Å²) in [5.74, 6) is 1.25. The number of aromatic nitrogens is 1. The van der Waals surface area contributed by atoms with Crippen molar-refractivity contribution in [2.75, 3.05) is 0 Å². The number of hydrogen-bond acceptors (Lipinski definition) is 5. The minimum absolute atomic E-state index is 0.0481. The molecule has 0 N–H and O–H groups in total. The van der Waals surface area contributed by atoms with Crippen LogP contribution in [0.4, 0.5) is 0 Å². The molecule has 2 radical (unpaired) electrons. The van der Waals surface area contributed by atoms with E-state index in [-0.39, 0.29) is 3.80 Å². The van der Waals surface area contributed by atoms with Gasteiger partial charge in [0.1, 0.15) is 0 Å². The molecule has 7 heteroatoms. The average molecular weight is 866 g/mol. The summed E-state index contributed by atoms with van der Waals surface area (Å²) in [5, 5.41) is 6.66. The van der Waals surface area contributed by atoms with Crippen molar-refractivity contribution >= 4 is 111 Å². The van der Waals surface area contributed by atoms with Gasteiger partial charge in [-0.2, -0.15) is 0 Å². The molecule has 1 atom stereocenters. The maximum absolute atomic E-state index is 6.85. The molecule has 1 unspecified atom stereocenters. The normalized spacial score (nSPS) is 13.1. The SMILES string of the molecule is CC(=N/C(=N\[CH]([In])c1ccc2ccccc2c1)c1ccccc1-c1cc2nc(-c3cccc4sc5ccccc5c34)oc2c2c1oc1ccccc12)c1ccccc1. The van der Waals surface area contributed by atoms with Crippen molar-refractivity contribution in [3.63, 3.8) is 0 Å². The first-order valence-electron chi connectivity index (χ1n) is 19.3. The summed E-state index contributed by atoms with van der Waals surface area (Å²) >= 11 is 2.67. The van der Waals surface area contributed by atoms with Crippen LogP contribution < -0.4 is 0 Å². The third kappa shape index (κ3) is 5.96. The van der Waals surface area contributed by atoms with E-state index in [1.165, 1.54) is 31.1 Å². The summed E-state index contributed by atoms with van der Waals surface area (Å²) in [4.78, 5) is 16.1. The maximum atomic E-state index is 6.85. The third-order valence-corrected chi connectivity index (χ3v) is 13.6. The molecule has 0 bridgehead atoms. The summed E-state index contributed by atoms with van der Waals surface area (Å²) in [6, 6.07) is 59.0. The summed E-state index contributed by atoms with van der Waals surface area (Å²) < 4.78 is 16.0. The van der Waals surface area contributed by atoms with Crippen LogP contribution in [-0.2, 0) is 0 Å². The summed E-state index contributed by atoms with van der Waals surface area (Å²) in [7, 11) is 0. The van der Waals surface area contributed by atoms with E-state index >= 15 is 0 Å². The van der Waals surface area contributed by atoms with Crippen LogP contribution in [-0.4, -0.2) is 40.9 Å². The number of rotatable bonds is 6.